The van der Waals surface area contributed by atoms with Gasteiger partial charge in [-0.05, 0) is 18.4 Å². The zero-order chi connectivity index (χ0) is 14.1. The van der Waals surface area contributed by atoms with Crippen molar-refractivity contribution in [2.75, 3.05) is 25.4 Å². The second kappa shape index (κ2) is 8.30. The molecule has 108 valence electrons. The zero-order valence-electron chi connectivity index (χ0n) is 11.6. The summed E-state index contributed by atoms with van der Waals surface area (Å²) in [5, 5.41) is 0. The maximum Gasteiger partial charge on any atom is 0.214 e. The average Bonchev–Trinajstić information content (AvgIpc) is 2.42. The van der Waals surface area contributed by atoms with E-state index >= 15 is 0 Å². The highest BCUT2D eigenvalue weighted by molar-refractivity contribution is 7.89. The summed E-state index contributed by atoms with van der Waals surface area (Å²) in [6.07, 6.45) is 2.41. The maximum atomic E-state index is 12.3. The molecule has 0 aliphatic carbocycles. The van der Waals surface area contributed by atoms with Crippen molar-refractivity contribution < 1.29 is 8.42 Å². The minimum Gasteiger partial charge on any atom is -0.329 e. The molecule has 0 saturated heterocycles. The lowest BCUT2D eigenvalue weighted by molar-refractivity contribution is 0.410. The van der Waals surface area contributed by atoms with Gasteiger partial charge >= 0.3 is 0 Å². The van der Waals surface area contributed by atoms with Gasteiger partial charge in [0.25, 0.3) is 0 Å². The van der Waals surface area contributed by atoms with Gasteiger partial charge in [-0.3, -0.25) is 0 Å². The third kappa shape index (κ3) is 5.72. The molecule has 0 heterocycles. The van der Waals surface area contributed by atoms with E-state index in [1.165, 1.54) is 4.31 Å². The fraction of sp³-hybridized carbons (Fsp3) is 0.571. The van der Waals surface area contributed by atoms with Crippen LogP contribution in [0.2, 0.25) is 0 Å². The van der Waals surface area contributed by atoms with Crippen molar-refractivity contribution in [3.63, 3.8) is 0 Å². The number of rotatable bonds is 9. The van der Waals surface area contributed by atoms with E-state index in [1.807, 2.05) is 30.3 Å². The molecular weight excluding hydrogens is 260 g/mol. The Morgan fingerprint density at radius 1 is 1.16 bits per heavy atom. The number of nitrogens with zero attached hydrogens (tertiary/aromatic N) is 1. The lowest BCUT2D eigenvalue weighted by Crippen LogP contribution is -2.38. The monoisotopic (exact) mass is 284 g/mol. The second-order valence-corrected chi connectivity index (χ2v) is 6.68. The Labute approximate surface area is 116 Å². The smallest absolute Gasteiger partial charge is 0.214 e. The molecule has 1 aromatic rings. The van der Waals surface area contributed by atoms with Gasteiger partial charge in [0.05, 0.1) is 5.75 Å². The Kier molecular flexibility index (Phi) is 7.05. The molecule has 0 aliphatic rings. The zero-order valence-corrected chi connectivity index (χ0v) is 12.4. The van der Waals surface area contributed by atoms with E-state index in [2.05, 4.69) is 6.92 Å². The first-order valence-corrected chi connectivity index (χ1v) is 8.43. The van der Waals surface area contributed by atoms with Gasteiger partial charge in [0.1, 0.15) is 0 Å². The van der Waals surface area contributed by atoms with Crippen molar-refractivity contribution in [3.05, 3.63) is 35.9 Å². The first kappa shape index (κ1) is 16.1. The summed E-state index contributed by atoms with van der Waals surface area (Å²) in [5.74, 6) is 0.153. The van der Waals surface area contributed by atoms with E-state index in [4.69, 9.17) is 5.73 Å². The van der Waals surface area contributed by atoms with Crippen LogP contribution in [0.1, 0.15) is 25.3 Å². The maximum absolute atomic E-state index is 12.3. The number of hydrogen-bond acceptors (Lipinski definition) is 3. The highest BCUT2D eigenvalue weighted by atomic mass is 32.2. The van der Waals surface area contributed by atoms with Gasteiger partial charge in [-0.25, -0.2) is 12.7 Å². The van der Waals surface area contributed by atoms with Gasteiger partial charge in [-0.1, -0.05) is 43.7 Å². The van der Waals surface area contributed by atoms with E-state index in [-0.39, 0.29) is 5.75 Å². The molecule has 4 nitrogen and oxygen atoms in total. The quantitative estimate of drug-likeness (QED) is 0.749. The molecule has 0 amide bonds. The van der Waals surface area contributed by atoms with Crippen molar-refractivity contribution in [2.45, 2.75) is 26.2 Å². The fourth-order valence-corrected chi connectivity index (χ4v) is 3.43. The molecule has 0 saturated carbocycles. The van der Waals surface area contributed by atoms with Crippen molar-refractivity contribution >= 4 is 10.0 Å². The predicted molar refractivity (Wildman–Crippen MR) is 79.5 cm³/mol. The summed E-state index contributed by atoms with van der Waals surface area (Å²) in [6, 6.07) is 9.69. The summed E-state index contributed by atoms with van der Waals surface area (Å²) >= 11 is 0. The Hall–Kier alpha value is -0.910. The van der Waals surface area contributed by atoms with E-state index in [0.29, 0.717) is 26.1 Å². The molecule has 19 heavy (non-hydrogen) atoms. The molecule has 2 N–H and O–H groups in total. The minimum absolute atomic E-state index is 0.153. The van der Waals surface area contributed by atoms with Crippen LogP contribution < -0.4 is 5.73 Å². The fourth-order valence-electron chi connectivity index (χ4n) is 1.89. The third-order valence-electron chi connectivity index (χ3n) is 3.02. The normalized spacial score (nSPS) is 11.9. The van der Waals surface area contributed by atoms with E-state index in [9.17, 15) is 8.42 Å². The van der Waals surface area contributed by atoms with Crippen LogP contribution in [-0.4, -0.2) is 38.1 Å². The Bertz CT molecular complexity index is 446. The summed E-state index contributed by atoms with van der Waals surface area (Å²) in [7, 11) is -3.20. The van der Waals surface area contributed by atoms with Crippen LogP contribution in [0.5, 0.6) is 0 Å². The van der Waals surface area contributed by atoms with Crippen LogP contribution >= 0.6 is 0 Å². The lowest BCUT2D eigenvalue weighted by Gasteiger charge is -2.21. The highest BCUT2D eigenvalue weighted by Crippen LogP contribution is 2.08. The van der Waals surface area contributed by atoms with Crippen molar-refractivity contribution in [2.24, 2.45) is 5.73 Å². The van der Waals surface area contributed by atoms with Gasteiger partial charge in [0.2, 0.25) is 10.0 Å². The van der Waals surface area contributed by atoms with Gasteiger partial charge in [-0.15, -0.1) is 0 Å². The summed E-state index contributed by atoms with van der Waals surface area (Å²) in [5.41, 5.74) is 6.55. The molecule has 0 fully saturated rings. The molecule has 0 spiro atoms. The van der Waals surface area contributed by atoms with Crippen molar-refractivity contribution in [1.82, 2.24) is 4.31 Å². The molecule has 0 bridgehead atoms. The minimum atomic E-state index is -3.20. The molecular formula is C14H24N2O2S. The summed E-state index contributed by atoms with van der Waals surface area (Å²) in [6.45, 7) is 3.41. The van der Waals surface area contributed by atoms with Crippen molar-refractivity contribution in [1.29, 1.82) is 0 Å². The van der Waals surface area contributed by atoms with E-state index < -0.39 is 10.0 Å². The lowest BCUT2D eigenvalue weighted by atomic mass is 10.2. The van der Waals surface area contributed by atoms with Crippen LogP contribution in [0.4, 0.5) is 0 Å². The largest absolute Gasteiger partial charge is 0.329 e. The number of benzene rings is 1. The molecule has 0 aliphatic heterocycles. The van der Waals surface area contributed by atoms with Crippen LogP contribution in [0, 0.1) is 0 Å². The molecule has 0 unspecified atom stereocenters. The number of unbranched alkanes of at least 4 members (excludes halogenated alkanes) is 1. The topological polar surface area (TPSA) is 63.4 Å². The first-order valence-electron chi connectivity index (χ1n) is 6.82. The SMILES string of the molecule is CCCCN(CCN)S(=O)(=O)CCc1ccccc1. The van der Waals surface area contributed by atoms with Crippen LogP contribution in [0.15, 0.2) is 30.3 Å². The molecule has 1 aromatic carbocycles. The van der Waals surface area contributed by atoms with Gasteiger partial charge in [0, 0.05) is 19.6 Å². The van der Waals surface area contributed by atoms with Crippen molar-refractivity contribution in [3.8, 4) is 0 Å². The Morgan fingerprint density at radius 3 is 2.42 bits per heavy atom. The number of hydrogen-bond donors (Lipinski definition) is 1. The van der Waals surface area contributed by atoms with Gasteiger partial charge in [0.15, 0.2) is 0 Å². The number of aryl methyl sites for hydroxylation is 1. The number of sulfonamides is 1. The standard InChI is InChI=1S/C14H24N2O2S/c1-2-3-11-16(12-10-15)19(17,18)13-9-14-7-5-4-6-8-14/h4-8H,2-3,9-13,15H2,1H3. The average molecular weight is 284 g/mol. The molecule has 0 atom stereocenters. The van der Waals surface area contributed by atoms with E-state index in [0.717, 1.165) is 18.4 Å². The Morgan fingerprint density at radius 2 is 1.84 bits per heavy atom. The Balaban J connectivity index is 2.61. The van der Waals surface area contributed by atoms with Gasteiger partial charge < -0.3 is 5.73 Å². The second-order valence-electron chi connectivity index (χ2n) is 4.59. The van der Waals surface area contributed by atoms with E-state index in [1.54, 1.807) is 0 Å². The van der Waals surface area contributed by atoms with Gasteiger partial charge in [-0.2, -0.15) is 0 Å². The summed E-state index contributed by atoms with van der Waals surface area (Å²) < 4.78 is 26.1. The molecule has 0 aromatic heterocycles. The van der Waals surface area contributed by atoms with Crippen LogP contribution in [0.3, 0.4) is 0 Å². The highest BCUT2D eigenvalue weighted by Gasteiger charge is 2.20. The van der Waals surface area contributed by atoms with Crippen LogP contribution in [0.25, 0.3) is 0 Å². The third-order valence-corrected chi connectivity index (χ3v) is 4.90. The predicted octanol–water partition coefficient (Wildman–Crippen LogP) is 1.62. The summed E-state index contributed by atoms with van der Waals surface area (Å²) in [4.78, 5) is 0. The number of nitrogens with two attached hydrogens (primary N) is 1. The molecule has 1 rings (SSSR count). The first-order chi connectivity index (χ1) is 9.10. The molecule has 0 radical (unpaired) electrons. The molecule has 5 heteroatoms. The van der Waals surface area contributed by atoms with Crippen LogP contribution in [-0.2, 0) is 16.4 Å².